The molecule has 0 unspecified atom stereocenters. The van der Waals surface area contributed by atoms with E-state index < -0.39 is 0 Å². The molecule has 1 rings (SSSR count). The Labute approximate surface area is 141 Å². The summed E-state index contributed by atoms with van der Waals surface area (Å²) in [6.45, 7) is 2.85. The van der Waals surface area contributed by atoms with E-state index in [2.05, 4.69) is 5.32 Å². The van der Waals surface area contributed by atoms with Crippen LogP contribution in [0.2, 0.25) is 10.0 Å². The lowest BCUT2D eigenvalue weighted by Crippen LogP contribution is -2.38. The van der Waals surface area contributed by atoms with E-state index in [0.29, 0.717) is 22.3 Å². The smallest absolute Gasteiger partial charge is 0.244 e. The summed E-state index contributed by atoms with van der Waals surface area (Å²) in [5.41, 5.74) is 0.480. The van der Waals surface area contributed by atoms with E-state index in [9.17, 15) is 9.59 Å². The van der Waals surface area contributed by atoms with Crippen molar-refractivity contribution in [2.24, 2.45) is 0 Å². The first kappa shape index (κ1) is 18.7. The van der Waals surface area contributed by atoms with Crippen molar-refractivity contribution in [3.63, 3.8) is 0 Å². The second-order valence-electron chi connectivity index (χ2n) is 5.27. The maximum absolute atomic E-state index is 12.1. The van der Waals surface area contributed by atoms with Crippen LogP contribution in [0, 0.1) is 0 Å². The number of carbonyl (C=O) groups excluding carboxylic acids is 2. The van der Waals surface area contributed by atoms with Gasteiger partial charge in [-0.25, -0.2) is 0 Å². The molecule has 2 amide bonds. The van der Waals surface area contributed by atoms with Crippen molar-refractivity contribution >= 4 is 40.7 Å². The number of amides is 2. The maximum atomic E-state index is 12.1. The molecule has 0 radical (unpaired) electrons. The van der Waals surface area contributed by atoms with Gasteiger partial charge in [-0.15, -0.1) is 0 Å². The number of benzene rings is 1. The molecule has 0 aliphatic rings. The SMILES string of the molecule is CC(=O)N(CCCN(C)C)CC(=O)Nc1ccc(Cl)cc1Cl. The summed E-state index contributed by atoms with van der Waals surface area (Å²) in [7, 11) is 3.93. The molecular weight excluding hydrogens is 325 g/mol. The van der Waals surface area contributed by atoms with Gasteiger partial charge in [0.15, 0.2) is 0 Å². The zero-order chi connectivity index (χ0) is 16.7. The van der Waals surface area contributed by atoms with Crippen LogP contribution in [-0.4, -0.2) is 55.3 Å². The van der Waals surface area contributed by atoms with E-state index in [1.54, 1.807) is 18.2 Å². The average Bonchev–Trinajstić information content (AvgIpc) is 2.40. The molecule has 0 saturated carbocycles. The van der Waals surface area contributed by atoms with E-state index >= 15 is 0 Å². The van der Waals surface area contributed by atoms with Crippen molar-refractivity contribution < 1.29 is 9.59 Å². The van der Waals surface area contributed by atoms with Crippen molar-refractivity contribution in [2.75, 3.05) is 39.0 Å². The topological polar surface area (TPSA) is 52.7 Å². The number of anilines is 1. The van der Waals surface area contributed by atoms with E-state index in [0.717, 1.165) is 13.0 Å². The van der Waals surface area contributed by atoms with Gasteiger partial charge in [-0.1, -0.05) is 23.2 Å². The van der Waals surface area contributed by atoms with E-state index in [-0.39, 0.29) is 18.4 Å². The van der Waals surface area contributed by atoms with E-state index in [1.165, 1.54) is 11.8 Å². The quantitative estimate of drug-likeness (QED) is 0.826. The van der Waals surface area contributed by atoms with Crippen LogP contribution in [0.3, 0.4) is 0 Å². The molecule has 122 valence electrons. The minimum Gasteiger partial charge on any atom is -0.334 e. The standard InChI is InChI=1S/C15H21Cl2N3O2/c1-11(21)20(8-4-7-19(2)3)10-15(22)18-14-6-5-12(16)9-13(14)17/h5-6,9H,4,7-8,10H2,1-3H3,(H,18,22). The monoisotopic (exact) mass is 345 g/mol. The second kappa shape index (κ2) is 8.98. The molecule has 1 N–H and O–H groups in total. The first-order valence-electron chi connectivity index (χ1n) is 6.94. The summed E-state index contributed by atoms with van der Waals surface area (Å²) in [4.78, 5) is 27.2. The number of hydrogen-bond donors (Lipinski definition) is 1. The van der Waals surface area contributed by atoms with Gasteiger partial charge in [0.05, 0.1) is 17.3 Å². The fourth-order valence-electron chi connectivity index (χ4n) is 1.88. The summed E-state index contributed by atoms with van der Waals surface area (Å²) in [6, 6.07) is 4.83. The predicted molar refractivity (Wildman–Crippen MR) is 90.5 cm³/mol. The lowest BCUT2D eigenvalue weighted by Gasteiger charge is -2.21. The summed E-state index contributed by atoms with van der Waals surface area (Å²) < 4.78 is 0. The second-order valence-corrected chi connectivity index (χ2v) is 6.11. The van der Waals surface area contributed by atoms with Crippen LogP contribution in [0.4, 0.5) is 5.69 Å². The zero-order valence-electron chi connectivity index (χ0n) is 13.0. The van der Waals surface area contributed by atoms with Crippen LogP contribution in [0.15, 0.2) is 18.2 Å². The molecule has 0 atom stereocenters. The van der Waals surface area contributed by atoms with Crippen molar-refractivity contribution in [1.29, 1.82) is 0 Å². The molecule has 0 bridgehead atoms. The molecule has 0 saturated heterocycles. The van der Waals surface area contributed by atoms with Crippen LogP contribution >= 0.6 is 23.2 Å². The van der Waals surface area contributed by atoms with Gasteiger partial charge in [-0.05, 0) is 45.3 Å². The zero-order valence-corrected chi connectivity index (χ0v) is 14.5. The van der Waals surface area contributed by atoms with Crippen molar-refractivity contribution in [3.05, 3.63) is 28.2 Å². The molecule has 1 aromatic carbocycles. The molecule has 0 fully saturated rings. The van der Waals surface area contributed by atoms with Gasteiger partial charge in [0, 0.05) is 18.5 Å². The number of hydrogen-bond acceptors (Lipinski definition) is 3. The minimum absolute atomic E-state index is 0.00170. The minimum atomic E-state index is -0.288. The number of carbonyl (C=O) groups is 2. The Balaban J connectivity index is 2.57. The summed E-state index contributed by atoms with van der Waals surface area (Å²) in [5, 5.41) is 3.55. The number of nitrogens with zero attached hydrogens (tertiary/aromatic N) is 2. The molecule has 0 heterocycles. The van der Waals surface area contributed by atoms with Gasteiger partial charge in [0.1, 0.15) is 0 Å². The van der Waals surface area contributed by atoms with Gasteiger partial charge < -0.3 is 15.1 Å². The van der Waals surface area contributed by atoms with Gasteiger partial charge in [-0.2, -0.15) is 0 Å². The number of nitrogens with one attached hydrogen (secondary N) is 1. The predicted octanol–water partition coefficient (Wildman–Crippen LogP) is 2.73. The lowest BCUT2D eigenvalue weighted by molar-refractivity contribution is -0.132. The molecule has 1 aromatic rings. The van der Waals surface area contributed by atoms with Crippen LogP contribution in [-0.2, 0) is 9.59 Å². The fourth-order valence-corrected chi connectivity index (χ4v) is 2.34. The van der Waals surface area contributed by atoms with Gasteiger partial charge in [-0.3, -0.25) is 9.59 Å². The third-order valence-electron chi connectivity index (χ3n) is 3.02. The largest absolute Gasteiger partial charge is 0.334 e. The van der Waals surface area contributed by atoms with Crippen LogP contribution < -0.4 is 5.32 Å². The lowest BCUT2D eigenvalue weighted by atomic mass is 10.3. The third kappa shape index (κ3) is 6.64. The Hall–Kier alpha value is -1.30. The Bertz CT molecular complexity index is 536. The molecular formula is C15H21Cl2N3O2. The Morgan fingerprint density at radius 2 is 1.86 bits per heavy atom. The molecule has 0 spiro atoms. The highest BCUT2D eigenvalue weighted by Gasteiger charge is 2.14. The summed E-state index contributed by atoms with van der Waals surface area (Å²) in [5.74, 6) is -0.416. The average molecular weight is 346 g/mol. The van der Waals surface area contributed by atoms with E-state index in [4.69, 9.17) is 23.2 Å². The molecule has 0 aliphatic heterocycles. The normalized spacial score (nSPS) is 10.6. The highest BCUT2D eigenvalue weighted by atomic mass is 35.5. The third-order valence-corrected chi connectivity index (χ3v) is 3.57. The molecule has 7 heteroatoms. The number of halogens is 2. The maximum Gasteiger partial charge on any atom is 0.244 e. The highest BCUT2D eigenvalue weighted by molar-refractivity contribution is 6.36. The molecule has 22 heavy (non-hydrogen) atoms. The first-order chi connectivity index (χ1) is 10.3. The van der Waals surface area contributed by atoms with Crippen LogP contribution in [0.25, 0.3) is 0 Å². The summed E-state index contributed by atoms with van der Waals surface area (Å²) in [6.07, 6.45) is 0.807. The van der Waals surface area contributed by atoms with Gasteiger partial charge in [0.2, 0.25) is 11.8 Å². The van der Waals surface area contributed by atoms with Gasteiger partial charge >= 0.3 is 0 Å². The Morgan fingerprint density at radius 1 is 1.18 bits per heavy atom. The van der Waals surface area contributed by atoms with Gasteiger partial charge in [0.25, 0.3) is 0 Å². The Kier molecular flexibility index (Phi) is 7.65. The van der Waals surface area contributed by atoms with Crippen molar-refractivity contribution in [2.45, 2.75) is 13.3 Å². The molecule has 5 nitrogen and oxygen atoms in total. The highest BCUT2D eigenvalue weighted by Crippen LogP contribution is 2.25. The molecule has 0 aromatic heterocycles. The number of rotatable bonds is 7. The first-order valence-corrected chi connectivity index (χ1v) is 7.70. The van der Waals surface area contributed by atoms with Crippen molar-refractivity contribution in [3.8, 4) is 0 Å². The van der Waals surface area contributed by atoms with Crippen LogP contribution in [0.5, 0.6) is 0 Å². The molecule has 0 aliphatic carbocycles. The van der Waals surface area contributed by atoms with Crippen LogP contribution in [0.1, 0.15) is 13.3 Å². The Morgan fingerprint density at radius 3 is 2.41 bits per heavy atom. The van der Waals surface area contributed by atoms with Crippen molar-refractivity contribution in [1.82, 2.24) is 9.80 Å². The summed E-state index contributed by atoms with van der Waals surface area (Å²) >= 11 is 11.8. The fraction of sp³-hybridized carbons (Fsp3) is 0.467. The van der Waals surface area contributed by atoms with E-state index in [1.807, 2.05) is 19.0 Å².